The molecule has 0 saturated heterocycles. The predicted octanol–water partition coefficient (Wildman–Crippen LogP) is 3.25. The molecule has 0 radical (unpaired) electrons. The van der Waals surface area contributed by atoms with Gasteiger partial charge in [0, 0.05) is 18.1 Å². The van der Waals surface area contributed by atoms with Crippen molar-refractivity contribution >= 4 is 17.7 Å². The highest BCUT2D eigenvalue weighted by atomic mass is 32.2. The number of carbonyl (C=O) groups excluding carboxylic acids is 1. The third kappa shape index (κ3) is 5.54. The zero-order valence-corrected chi connectivity index (χ0v) is 15.3. The average Bonchev–Trinajstić information content (AvgIpc) is 2.68. The van der Waals surface area contributed by atoms with Gasteiger partial charge >= 0.3 is 0 Å². The van der Waals surface area contributed by atoms with Crippen molar-refractivity contribution < 1.29 is 9.53 Å². The van der Waals surface area contributed by atoms with Crippen LogP contribution in [0.1, 0.15) is 23.6 Å². The van der Waals surface area contributed by atoms with Gasteiger partial charge in [0.15, 0.2) is 6.10 Å². The molecular weight excluding hydrogens is 346 g/mol. The highest BCUT2D eigenvalue weighted by molar-refractivity contribution is 7.98. The lowest BCUT2D eigenvalue weighted by atomic mass is 10.1. The molecule has 0 aliphatic rings. The Morgan fingerprint density at radius 2 is 1.77 bits per heavy atom. The van der Waals surface area contributed by atoms with Crippen LogP contribution in [0.2, 0.25) is 0 Å². The number of nitrogens with zero attached hydrogens (tertiary/aromatic N) is 2. The van der Waals surface area contributed by atoms with E-state index in [2.05, 4.69) is 11.4 Å². The van der Waals surface area contributed by atoms with E-state index in [9.17, 15) is 4.79 Å². The fraction of sp³-hybridized carbons (Fsp3) is 0.250. The molecule has 2 aromatic rings. The van der Waals surface area contributed by atoms with Crippen LogP contribution in [0.25, 0.3) is 0 Å². The minimum absolute atomic E-state index is 0.226. The number of nitriles is 2. The molecule has 2 aromatic carbocycles. The summed E-state index contributed by atoms with van der Waals surface area (Å²) in [6.07, 6.45) is -0.686. The fourth-order valence-corrected chi connectivity index (χ4v) is 3.10. The Labute approximate surface area is 157 Å². The van der Waals surface area contributed by atoms with Gasteiger partial charge in [-0.1, -0.05) is 30.3 Å². The van der Waals surface area contributed by atoms with Gasteiger partial charge in [-0.05, 0) is 30.7 Å². The molecule has 0 fully saturated rings. The molecule has 2 rings (SSSR count). The molecule has 0 bridgehead atoms. The number of amides is 1. The molecule has 0 saturated carbocycles. The molecule has 26 heavy (non-hydrogen) atoms. The van der Waals surface area contributed by atoms with Gasteiger partial charge < -0.3 is 10.1 Å². The standard InChI is InChI=1S/C20H19N3O2S/c1-15(25-19-9-5-4-7-17(19)13-22)20(24)23-10-11-26-14-18-8-3-2-6-16(18)12-21/h2-9,15H,10-11,14H2,1H3,(H,23,24). The van der Waals surface area contributed by atoms with E-state index in [0.29, 0.717) is 23.4 Å². The highest BCUT2D eigenvalue weighted by Crippen LogP contribution is 2.18. The Morgan fingerprint density at radius 3 is 2.50 bits per heavy atom. The lowest BCUT2D eigenvalue weighted by Gasteiger charge is -2.15. The van der Waals surface area contributed by atoms with Crippen molar-refractivity contribution in [2.24, 2.45) is 0 Å². The average molecular weight is 365 g/mol. The number of ether oxygens (including phenoxy) is 1. The van der Waals surface area contributed by atoms with Gasteiger partial charge in [0.25, 0.3) is 5.91 Å². The molecule has 1 amide bonds. The second kappa shape index (κ2) is 10.1. The van der Waals surface area contributed by atoms with Gasteiger partial charge in [-0.3, -0.25) is 4.79 Å². The van der Waals surface area contributed by atoms with Gasteiger partial charge in [0.2, 0.25) is 0 Å². The van der Waals surface area contributed by atoms with Crippen molar-refractivity contribution in [2.45, 2.75) is 18.8 Å². The number of benzene rings is 2. The summed E-state index contributed by atoms with van der Waals surface area (Å²) < 4.78 is 5.58. The number of para-hydroxylation sites is 1. The van der Waals surface area contributed by atoms with Gasteiger partial charge in [-0.15, -0.1) is 0 Å². The first-order valence-electron chi connectivity index (χ1n) is 8.15. The second-order valence-electron chi connectivity index (χ2n) is 5.48. The van der Waals surface area contributed by atoms with Gasteiger partial charge in [0.1, 0.15) is 11.8 Å². The molecule has 1 N–H and O–H groups in total. The highest BCUT2D eigenvalue weighted by Gasteiger charge is 2.15. The van der Waals surface area contributed by atoms with Crippen molar-refractivity contribution in [3.63, 3.8) is 0 Å². The molecule has 1 unspecified atom stereocenters. The first-order chi connectivity index (χ1) is 12.7. The summed E-state index contributed by atoms with van der Waals surface area (Å²) in [6.45, 7) is 2.16. The summed E-state index contributed by atoms with van der Waals surface area (Å²) in [5.41, 5.74) is 2.08. The van der Waals surface area contributed by atoms with Crippen LogP contribution >= 0.6 is 11.8 Å². The Balaban J connectivity index is 1.73. The van der Waals surface area contributed by atoms with Crippen LogP contribution in [0, 0.1) is 22.7 Å². The minimum atomic E-state index is -0.686. The van der Waals surface area contributed by atoms with Crippen LogP contribution in [0.15, 0.2) is 48.5 Å². The van der Waals surface area contributed by atoms with Gasteiger partial charge in [-0.2, -0.15) is 22.3 Å². The van der Waals surface area contributed by atoms with E-state index in [1.54, 1.807) is 49.0 Å². The van der Waals surface area contributed by atoms with Crippen molar-refractivity contribution in [3.05, 3.63) is 65.2 Å². The minimum Gasteiger partial charge on any atom is -0.480 e. The molecule has 0 aliphatic carbocycles. The van der Waals surface area contributed by atoms with E-state index in [4.69, 9.17) is 15.3 Å². The maximum absolute atomic E-state index is 12.1. The Kier molecular flexibility index (Phi) is 7.54. The van der Waals surface area contributed by atoms with Crippen LogP contribution in [-0.4, -0.2) is 24.3 Å². The monoisotopic (exact) mass is 365 g/mol. The smallest absolute Gasteiger partial charge is 0.260 e. The maximum atomic E-state index is 12.1. The number of hydrogen-bond donors (Lipinski definition) is 1. The molecule has 0 heterocycles. The third-order valence-electron chi connectivity index (χ3n) is 3.62. The van der Waals surface area contributed by atoms with Crippen LogP contribution in [0.3, 0.4) is 0 Å². The number of thioether (sulfide) groups is 1. The maximum Gasteiger partial charge on any atom is 0.260 e. The molecular formula is C20H19N3O2S. The van der Waals surface area contributed by atoms with Gasteiger partial charge in [0.05, 0.1) is 17.2 Å². The number of carbonyl (C=O) groups is 1. The van der Waals surface area contributed by atoms with Crippen LogP contribution < -0.4 is 10.1 Å². The summed E-state index contributed by atoms with van der Waals surface area (Å²) >= 11 is 1.65. The van der Waals surface area contributed by atoms with Crippen molar-refractivity contribution in [2.75, 3.05) is 12.3 Å². The molecule has 1 atom stereocenters. The summed E-state index contributed by atoms with van der Waals surface area (Å²) in [7, 11) is 0. The lowest BCUT2D eigenvalue weighted by molar-refractivity contribution is -0.127. The van der Waals surface area contributed by atoms with E-state index in [-0.39, 0.29) is 5.91 Å². The van der Waals surface area contributed by atoms with E-state index >= 15 is 0 Å². The predicted molar refractivity (Wildman–Crippen MR) is 102 cm³/mol. The topological polar surface area (TPSA) is 85.9 Å². The summed E-state index contributed by atoms with van der Waals surface area (Å²) in [5, 5.41) is 20.9. The zero-order valence-electron chi connectivity index (χ0n) is 14.4. The first kappa shape index (κ1) is 19.4. The Morgan fingerprint density at radius 1 is 1.12 bits per heavy atom. The van der Waals surface area contributed by atoms with Crippen LogP contribution in [-0.2, 0) is 10.5 Å². The Bertz CT molecular complexity index is 839. The SMILES string of the molecule is CC(Oc1ccccc1C#N)C(=O)NCCSCc1ccccc1C#N. The summed E-state index contributed by atoms with van der Waals surface area (Å²) in [4.78, 5) is 12.1. The summed E-state index contributed by atoms with van der Waals surface area (Å²) in [5.74, 6) is 1.63. The third-order valence-corrected chi connectivity index (χ3v) is 4.63. The number of hydrogen-bond acceptors (Lipinski definition) is 5. The quantitative estimate of drug-likeness (QED) is 0.726. The number of nitrogens with one attached hydrogen (secondary N) is 1. The second-order valence-corrected chi connectivity index (χ2v) is 6.59. The first-order valence-corrected chi connectivity index (χ1v) is 9.30. The summed E-state index contributed by atoms with van der Waals surface area (Å²) in [6, 6.07) is 18.5. The van der Waals surface area contributed by atoms with Crippen LogP contribution in [0.5, 0.6) is 5.75 Å². The molecule has 0 aromatic heterocycles. The van der Waals surface area contributed by atoms with E-state index < -0.39 is 6.10 Å². The van der Waals surface area contributed by atoms with Crippen LogP contribution in [0.4, 0.5) is 0 Å². The fourth-order valence-electron chi connectivity index (χ4n) is 2.23. The Hall–Kier alpha value is -2.96. The van der Waals surface area contributed by atoms with E-state index in [0.717, 1.165) is 17.1 Å². The van der Waals surface area contributed by atoms with Crippen molar-refractivity contribution in [1.82, 2.24) is 5.32 Å². The van der Waals surface area contributed by atoms with Gasteiger partial charge in [-0.25, -0.2) is 0 Å². The molecule has 0 aliphatic heterocycles. The lowest BCUT2D eigenvalue weighted by Crippen LogP contribution is -2.37. The van der Waals surface area contributed by atoms with Crippen molar-refractivity contribution in [3.8, 4) is 17.9 Å². The molecule has 0 spiro atoms. The molecule has 132 valence electrons. The molecule has 5 nitrogen and oxygen atoms in total. The van der Waals surface area contributed by atoms with E-state index in [1.165, 1.54) is 0 Å². The zero-order chi connectivity index (χ0) is 18.8. The molecule has 6 heteroatoms. The largest absolute Gasteiger partial charge is 0.480 e. The normalized spacial score (nSPS) is 11.0. The van der Waals surface area contributed by atoms with Crippen molar-refractivity contribution in [1.29, 1.82) is 10.5 Å². The van der Waals surface area contributed by atoms with E-state index in [1.807, 2.05) is 24.3 Å². The number of rotatable bonds is 8.